The van der Waals surface area contributed by atoms with E-state index >= 15 is 0 Å². The van der Waals surface area contributed by atoms with Gasteiger partial charge in [-0.25, -0.2) is 0 Å². The van der Waals surface area contributed by atoms with Crippen molar-refractivity contribution in [3.63, 3.8) is 0 Å². The molecule has 1 nitrogen and oxygen atoms in total. The molecule has 0 spiro atoms. The maximum Gasteiger partial charge on any atom is 0.422 e. The molecule has 11 heavy (non-hydrogen) atoms. The molecule has 0 aliphatic heterocycles. The molecule has 1 rings (SSSR count). The summed E-state index contributed by atoms with van der Waals surface area (Å²) in [7, 11) is 0. The first kappa shape index (κ1) is 8.43. The highest BCUT2D eigenvalue weighted by Crippen LogP contribution is 2.29. The van der Waals surface area contributed by atoms with Gasteiger partial charge in [0.25, 0.3) is 0 Å². The van der Waals surface area contributed by atoms with Gasteiger partial charge in [-0.3, -0.25) is 0 Å². The molecule has 0 aromatic heterocycles. The van der Waals surface area contributed by atoms with Crippen LogP contribution in [0.25, 0.3) is 0 Å². The van der Waals surface area contributed by atoms with E-state index in [1.54, 1.807) is 6.92 Å². The lowest BCUT2D eigenvalue weighted by Gasteiger charge is -2.21. The first-order chi connectivity index (χ1) is 4.99. The molecule has 1 aliphatic carbocycles. The zero-order valence-electron chi connectivity index (χ0n) is 6.16. The van der Waals surface area contributed by atoms with Gasteiger partial charge in [0.1, 0.15) is 0 Å². The largest absolute Gasteiger partial charge is 0.489 e. The summed E-state index contributed by atoms with van der Waals surface area (Å²) >= 11 is 0. The Labute approximate surface area is 62.8 Å². The van der Waals surface area contributed by atoms with E-state index in [1.807, 2.05) is 0 Å². The van der Waals surface area contributed by atoms with Gasteiger partial charge in [0.05, 0.1) is 5.76 Å². The number of rotatable bonds is 2. The Balaban J connectivity index is 2.29. The minimum Gasteiger partial charge on any atom is -0.489 e. The van der Waals surface area contributed by atoms with E-state index in [0.29, 0.717) is 12.2 Å². The number of hydrogen-bond acceptors (Lipinski definition) is 1. The van der Waals surface area contributed by atoms with E-state index in [4.69, 9.17) is 0 Å². The van der Waals surface area contributed by atoms with Gasteiger partial charge in [-0.2, -0.15) is 13.2 Å². The second kappa shape index (κ2) is 2.75. The molecule has 64 valence electrons. The molecule has 0 saturated carbocycles. The molecule has 0 saturated heterocycles. The minimum atomic E-state index is -4.21. The number of halogens is 3. The first-order valence-corrected chi connectivity index (χ1v) is 3.37. The summed E-state index contributed by atoms with van der Waals surface area (Å²) in [6.07, 6.45) is -2.68. The van der Waals surface area contributed by atoms with Gasteiger partial charge < -0.3 is 4.74 Å². The standard InChI is InChI=1S/C7H9F3O/c1-5-2-3-6(5)11-4-7(8,9)10/h2-4H2,1H3. The van der Waals surface area contributed by atoms with Crippen LogP contribution in [-0.4, -0.2) is 12.8 Å². The van der Waals surface area contributed by atoms with Gasteiger partial charge >= 0.3 is 6.18 Å². The van der Waals surface area contributed by atoms with Crippen LogP contribution < -0.4 is 0 Å². The molecule has 0 fully saturated rings. The van der Waals surface area contributed by atoms with Crippen molar-refractivity contribution in [2.24, 2.45) is 0 Å². The van der Waals surface area contributed by atoms with Gasteiger partial charge in [-0.1, -0.05) is 0 Å². The van der Waals surface area contributed by atoms with Gasteiger partial charge in [0, 0.05) is 6.42 Å². The van der Waals surface area contributed by atoms with Gasteiger partial charge in [0.2, 0.25) is 0 Å². The Hall–Kier alpha value is -0.670. The average molecular weight is 166 g/mol. The fourth-order valence-electron chi connectivity index (χ4n) is 0.841. The Morgan fingerprint density at radius 3 is 2.27 bits per heavy atom. The van der Waals surface area contributed by atoms with Crippen LogP contribution in [0.3, 0.4) is 0 Å². The third-order valence-electron chi connectivity index (χ3n) is 1.61. The van der Waals surface area contributed by atoms with E-state index in [-0.39, 0.29) is 0 Å². The predicted molar refractivity (Wildman–Crippen MR) is 33.9 cm³/mol. The summed E-state index contributed by atoms with van der Waals surface area (Å²) in [4.78, 5) is 0. The summed E-state index contributed by atoms with van der Waals surface area (Å²) in [5.41, 5.74) is 0.939. The van der Waals surface area contributed by atoms with Crippen LogP contribution in [0, 0.1) is 0 Å². The van der Waals surface area contributed by atoms with Crippen molar-refractivity contribution in [3.05, 3.63) is 11.3 Å². The lowest BCUT2D eigenvalue weighted by Crippen LogP contribution is -2.19. The Morgan fingerprint density at radius 1 is 1.36 bits per heavy atom. The Bertz CT molecular complexity index is 181. The van der Waals surface area contributed by atoms with Crippen molar-refractivity contribution in [2.75, 3.05) is 6.61 Å². The van der Waals surface area contributed by atoms with Crippen LogP contribution in [-0.2, 0) is 4.74 Å². The molecule has 0 N–H and O–H groups in total. The van der Waals surface area contributed by atoms with Crippen molar-refractivity contribution >= 4 is 0 Å². The fourth-order valence-corrected chi connectivity index (χ4v) is 0.841. The lowest BCUT2D eigenvalue weighted by atomic mass is 9.98. The third-order valence-corrected chi connectivity index (χ3v) is 1.61. The monoisotopic (exact) mass is 166 g/mol. The molecular weight excluding hydrogens is 157 g/mol. The summed E-state index contributed by atoms with van der Waals surface area (Å²) in [6, 6.07) is 0. The first-order valence-electron chi connectivity index (χ1n) is 3.37. The summed E-state index contributed by atoms with van der Waals surface area (Å²) in [5.74, 6) is 0.516. The normalized spacial score (nSPS) is 18.2. The van der Waals surface area contributed by atoms with E-state index in [9.17, 15) is 13.2 Å². The highest BCUT2D eigenvalue weighted by Gasteiger charge is 2.30. The SMILES string of the molecule is CC1=C(OCC(F)(F)F)CC1. The number of alkyl halides is 3. The zero-order chi connectivity index (χ0) is 8.48. The molecule has 0 unspecified atom stereocenters. The maximum atomic E-state index is 11.6. The van der Waals surface area contributed by atoms with Crippen LogP contribution in [0.15, 0.2) is 11.3 Å². The van der Waals surface area contributed by atoms with Crippen molar-refractivity contribution < 1.29 is 17.9 Å². The Kier molecular flexibility index (Phi) is 2.11. The van der Waals surface area contributed by atoms with Gasteiger partial charge in [-0.15, -0.1) is 0 Å². The maximum absolute atomic E-state index is 11.6. The van der Waals surface area contributed by atoms with Crippen molar-refractivity contribution in [1.82, 2.24) is 0 Å². The van der Waals surface area contributed by atoms with Crippen LogP contribution >= 0.6 is 0 Å². The average Bonchev–Trinajstić information content (AvgIpc) is 1.82. The van der Waals surface area contributed by atoms with Crippen molar-refractivity contribution in [3.8, 4) is 0 Å². The van der Waals surface area contributed by atoms with Crippen LogP contribution in [0.5, 0.6) is 0 Å². The second-order valence-electron chi connectivity index (χ2n) is 2.61. The minimum absolute atomic E-state index is 0.516. The van der Waals surface area contributed by atoms with Crippen LogP contribution in [0.1, 0.15) is 19.8 Å². The molecule has 0 bridgehead atoms. The summed E-state index contributed by atoms with van der Waals surface area (Å²) < 4.78 is 39.2. The second-order valence-corrected chi connectivity index (χ2v) is 2.61. The highest BCUT2D eigenvalue weighted by atomic mass is 19.4. The molecule has 0 atom stereocenters. The van der Waals surface area contributed by atoms with Crippen LogP contribution in [0.2, 0.25) is 0 Å². The smallest absolute Gasteiger partial charge is 0.422 e. The Morgan fingerprint density at radius 2 is 2.00 bits per heavy atom. The van der Waals surface area contributed by atoms with E-state index < -0.39 is 12.8 Å². The quantitative estimate of drug-likeness (QED) is 0.612. The van der Waals surface area contributed by atoms with E-state index in [1.165, 1.54) is 0 Å². The molecular formula is C7H9F3O. The molecule has 0 aromatic carbocycles. The molecule has 4 heteroatoms. The van der Waals surface area contributed by atoms with Crippen molar-refractivity contribution in [2.45, 2.75) is 25.9 Å². The summed E-state index contributed by atoms with van der Waals surface area (Å²) in [6.45, 7) is 0.634. The number of allylic oxidation sites excluding steroid dienone is 2. The highest BCUT2D eigenvalue weighted by molar-refractivity contribution is 5.16. The molecule has 0 heterocycles. The third kappa shape index (κ3) is 2.44. The topological polar surface area (TPSA) is 9.23 Å². The molecule has 0 radical (unpaired) electrons. The van der Waals surface area contributed by atoms with Crippen LogP contribution in [0.4, 0.5) is 13.2 Å². The predicted octanol–water partition coefficient (Wildman–Crippen LogP) is 2.63. The molecule has 0 amide bonds. The summed E-state index contributed by atoms with van der Waals surface area (Å²) in [5, 5.41) is 0. The fraction of sp³-hybridized carbons (Fsp3) is 0.714. The van der Waals surface area contributed by atoms with E-state index in [0.717, 1.165) is 12.0 Å². The van der Waals surface area contributed by atoms with Gasteiger partial charge in [-0.05, 0) is 18.9 Å². The molecule has 0 aromatic rings. The number of hydrogen-bond donors (Lipinski definition) is 0. The number of ether oxygens (including phenoxy) is 1. The zero-order valence-corrected chi connectivity index (χ0v) is 6.16. The van der Waals surface area contributed by atoms with E-state index in [2.05, 4.69) is 4.74 Å². The van der Waals surface area contributed by atoms with Gasteiger partial charge in [0.15, 0.2) is 6.61 Å². The molecule has 1 aliphatic rings. The van der Waals surface area contributed by atoms with Crippen molar-refractivity contribution in [1.29, 1.82) is 0 Å². The lowest BCUT2D eigenvalue weighted by molar-refractivity contribution is -0.166.